The first-order valence-electron chi connectivity index (χ1n) is 5.14. The van der Waals surface area contributed by atoms with Crippen LogP contribution in [0.2, 0.25) is 0 Å². The van der Waals surface area contributed by atoms with E-state index in [1.54, 1.807) is 6.08 Å². The number of carbonyl (C=O) groups is 1. The standard InChI is InChI=1S/C13H14O2/c1-15-13(14)9-10-6-7-11-4-2-3-5-12(11)8-10/h2-5,9H,6-8H2,1H3/b10-9-. The van der Waals surface area contributed by atoms with Gasteiger partial charge in [-0.25, -0.2) is 4.79 Å². The van der Waals surface area contributed by atoms with Crippen molar-refractivity contribution < 1.29 is 9.53 Å². The minimum Gasteiger partial charge on any atom is -0.466 e. The van der Waals surface area contributed by atoms with E-state index in [1.165, 1.54) is 23.8 Å². The van der Waals surface area contributed by atoms with Crippen molar-refractivity contribution in [2.24, 2.45) is 0 Å². The number of hydrogen-bond acceptors (Lipinski definition) is 2. The number of benzene rings is 1. The molecule has 0 atom stereocenters. The zero-order valence-corrected chi connectivity index (χ0v) is 8.82. The van der Waals surface area contributed by atoms with Crippen LogP contribution in [0.4, 0.5) is 0 Å². The van der Waals surface area contributed by atoms with Crippen LogP contribution in [0.5, 0.6) is 0 Å². The van der Waals surface area contributed by atoms with E-state index >= 15 is 0 Å². The summed E-state index contributed by atoms with van der Waals surface area (Å²) in [5, 5.41) is 0. The van der Waals surface area contributed by atoms with Gasteiger partial charge in [-0.05, 0) is 30.4 Å². The van der Waals surface area contributed by atoms with Crippen molar-refractivity contribution in [3.05, 3.63) is 47.0 Å². The first kappa shape index (κ1) is 9.97. The Morgan fingerprint density at radius 2 is 2.00 bits per heavy atom. The minimum atomic E-state index is -0.246. The summed E-state index contributed by atoms with van der Waals surface area (Å²) in [4.78, 5) is 11.1. The summed E-state index contributed by atoms with van der Waals surface area (Å²) in [6.45, 7) is 0. The lowest BCUT2D eigenvalue weighted by Crippen LogP contribution is -2.07. The fraction of sp³-hybridized carbons (Fsp3) is 0.308. The Morgan fingerprint density at radius 1 is 1.27 bits per heavy atom. The Balaban J connectivity index is 2.19. The van der Waals surface area contributed by atoms with Crippen LogP contribution in [-0.4, -0.2) is 13.1 Å². The summed E-state index contributed by atoms with van der Waals surface area (Å²) in [6.07, 6.45) is 4.49. The summed E-state index contributed by atoms with van der Waals surface area (Å²) < 4.78 is 4.63. The summed E-state index contributed by atoms with van der Waals surface area (Å²) in [7, 11) is 1.41. The molecule has 1 aliphatic carbocycles. The monoisotopic (exact) mass is 202 g/mol. The number of carbonyl (C=O) groups excluding carboxylic acids is 1. The Labute approximate surface area is 89.6 Å². The van der Waals surface area contributed by atoms with E-state index < -0.39 is 0 Å². The smallest absolute Gasteiger partial charge is 0.330 e. The van der Waals surface area contributed by atoms with Crippen LogP contribution in [0.3, 0.4) is 0 Å². The number of allylic oxidation sites excluding steroid dienone is 1. The SMILES string of the molecule is COC(=O)/C=C1/CCc2ccccc2C1. The molecule has 0 amide bonds. The van der Waals surface area contributed by atoms with E-state index in [4.69, 9.17) is 0 Å². The van der Waals surface area contributed by atoms with Crippen molar-refractivity contribution in [2.45, 2.75) is 19.3 Å². The van der Waals surface area contributed by atoms with E-state index in [1.807, 2.05) is 6.07 Å². The molecule has 2 heteroatoms. The Kier molecular flexibility index (Phi) is 2.86. The highest BCUT2D eigenvalue weighted by Crippen LogP contribution is 2.24. The van der Waals surface area contributed by atoms with Crippen molar-refractivity contribution in [1.82, 2.24) is 0 Å². The van der Waals surface area contributed by atoms with Gasteiger partial charge in [0, 0.05) is 6.08 Å². The number of hydrogen-bond donors (Lipinski definition) is 0. The van der Waals surface area contributed by atoms with Gasteiger partial charge in [-0.1, -0.05) is 29.8 Å². The first-order valence-corrected chi connectivity index (χ1v) is 5.14. The number of fused-ring (bicyclic) bond motifs is 1. The van der Waals surface area contributed by atoms with E-state index in [0.717, 1.165) is 19.3 Å². The second-order valence-corrected chi connectivity index (χ2v) is 3.77. The molecule has 0 heterocycles. The van der Waals surface area contributed by atoms with Crippen LogP contribution in [0.1, 0.15) is 17.5 Å². The van der Waals surface area contributed by atoms with Crippen LogP contribution in [0, 0.1) is 0 Å². The molecule has 15 heavy (non-hydrogen) atoms. The maximum absolute atomic E-state index is 11.1. The molecule has 0 bridgehead atoms. The molecule has 2 rings (SSSR count). The van der Waals surface area contributed by atoms with Crippen LogP contribution >= 0.6 is 0 Å². The normalized spacial score (nSPS) is 17.3. The number of rotatable bonds is 1. The highest BCUT2D eigenvalue weighted by Gasteiger charge is 2.12. The van der Waals surface area contributed by atoms with Gasteiger partial charge in [-0.2, -0.15) is 0 Å². The average Bonchev–Trinajstić information content (AvgIpc) is 2.29. The number of methoxy groups -OCH3 is 1. The maximum atomic E-state index is 11.1. The summed E-state index contributed by atoms with van der Waals surface area (Å²) in [5.74, 6) is -0.246. The van der Waals surface area contributed by atoms with Gasteiger partial charge >= 0.3 is 5.97 Å². The van der Waals surface area contributed by atoms with Gasteiger partial charge in [-0.15, -0.1) is 0 Å². The second-order valence-electron chi connectivity index (χ2n) is 3.77. The fourth-order valence-electron chi connectivity index (χ4n) is 1.95. The molecular weight excluding hydrogens is 188 g/mol. The molecule has 1 aromatic rings. The average molecular weight is 202 g/mol. The molecule has 0 aliphatic heterocycles. The van der Waals surface area contributed by atoms with E-state index in [-0.39, 0.29) is 5.97 Å². The molecule has 2 nitrogen and oxygen atoms in total. The minimum absolute atomic E-state index is 0.246. The fourth-order valence-corrected chi connectivity index (χ4v) is 1.95. The van der Waals surface area contributed by atoms with Crippen molar-refractivity contribution in [3.63, 3.8) is 0 Å². The van der Waals surface area contributed by atoms with Gasteiger partial charge in [0.05, 0.1) is 7.11 Å². The zero-order chi connectivity index (χ0) is 10.7. The van der Waals surface area contributed by atoms with Crippen LogP contribution in [-0.2, 0) is 22.4 Å². The van der Waals surface area contributed by atoms with Gasteiger partial charge < -0.3 is 4.74 Å². The van der Waals surface area contributed by atoms with Crippen molar-refractivity contribution >= 4 is 5.97 Å². The van der Waals surface area contributed by atoms with Gasteiger partial charge in [0.15, 0.2) is 0 Å². The largest absolute Gasteiger partial charge is 0.466 e. The Hall–Kier alpha value is -1.57. The molecule has 0 spiro atoms. The van der Waals surface area contributed by atoms with Gasteiger partial charge in [0.2, 0.25) is 0 Å². The first-order chi connectivity index (χ1) is 7.29. The number of aryl methyl sites for hydroxylation is 1. The molecule has 1 aliphatic rings. The van der Waals surface area contributed by atoms with Gasteiger partial charge in [-0.3, -0.25) is 0 Å². The molecular formula is C13H14O2. The summed E-state index contributed by atoms with van der Waals surface area (Å²) >= 11 is 0. The highest BCUT2D eigenvalue weighted by atomic mass is 16.5. The molecule has 1 aromatic carbocycles. The second kappa shape index (κ2) is 4.30. The van der Waals surface area contributed by atoms with E-state index in [9.17, 15) is 4.79 Å². The molecule has 0 radical (unpaired) electrons. The molecule has 0 fully saturated rings. The topological polar surface area (TPSA) is 26.3 Å². The lowest BCUT2D eigenvalue weighted by Gasteiger charge is -2.17. The molecule has 0 saturated carbocycles. The zero-order valence-electron chi connectivity index (χ0n) is 8.82. The third-order valence-electron chi connectivity index (χ3n) is 2.77. The van der Waals surface area contributed by atoms with Crippen molar-refractivity contribution in [2.75, 3.05) is 7.11 Å². The molecule has 0 saturated heterocycles. The van der Waals surface area contributed by atoms with Gasteiger partial charge in [0.1, 0.15) is 0 Å². The van der Waals surface area contributed by atoms with Crippen molar-refractivity contribution in [1.29, 1.82) is 0 Å². The summed E-state index contributed by atoms with van der Waals surface area (Å²) in [6, 6.07) is 8.39. The predicted molar refractivity (Wildman–Crippen MR) is 58.6 cm³/mol. The Bertz CT molecular complexity index is 405. The molecule has 78 valence electrons. The highest BCUT2D eigenvalue weighted by molar-refractivity contribution is 5.82. The van der Waals surface area contributed by atoms with Crippen LogP contribution in [0.15, 0.2) is 35.9 Å². The lowest BCUT2D eigenvalue weighted by atomic mass is 9.88. The Morgan fingerprint density at radius 3 is 2.73 bits per heavy atom. The third-order valence-corrected chi connectivity index (χ3v) is 2.77. The lowest BCUT2D eigenvalue weighted by molar-refractivity contribution is -0.134. The van der Waals surface area contributed by atoms with Crippen LogP contribution in [0.25, 0.3) is 0 Å². The molecule has 0 aromatic heterocycles. The van der Waals surface area contributed by atoms with Crippen LogP contribution < -0.4 is 0 Å². The third kappa shape index (κ3) is 2.27. The van der Waals surface area contributed by atoms with E-state index in [0.29, 0.717) is 0 Å². The van der Waals surface area contributed by atoms with Crippen molar-refractivity contribution in [3.8, 4) is 0 Å². The molecule has 0 N–H and O–H groups in total. The number of ether oxygens (including phenoxy) is 1. The number of esters is 1. The van der Waals surface area contributed by atoms with E-state index in [2.05, 4.69) is 22.9 Å². The molecule has 0 unspecified atom stereocenters. The maximum Gasteiger partial charge on any atom is 0.330 e. The summed E-state index contributed by atoms with van der Waals surface area (Å²) in [5.41, 5.74) is 3.90. The van der Waals surface area contributed by atoms with Gasteiger partial charge in [0.25, 0.3) is 0 Å². The quantitative estimate of drug-likeness (QED) is 0.516. The predicted octanol–water partition coefficient (Wildman–Crippen LogP) is 2.27.